The smallest absolute Gasteiger partial charge is 0.597 e. The Bertz CT molecular complexity index is 1610. The van der Waals surface area contributed by atoms with Gasteiger partial charge in [0.2, 0.25) is 0 Å². The summed E-state index contributed by atoms with van der Waals surface area (Å²) < 4.78 is 52.0. The van der Waals surface area contributed by atoms with E-state index in [1.165, 1.54) is 12.1 Å². The van der Waals surface area contributed by atoms with Gasteiger partial charge in [-0.15, -0.1) is 0 Å². The van der Waals surface area contributed by atoms with Gasteiger partial charge in [0, 0.05) is 29.1 Å². The Kier molecular flexibility index (Phi) is 3.96. The minimum absolute atomic E-state index is 0.511. The first-order valence-electron chi connectivity index (χ1n) is 11.4. The molecule has 0 aliphatic carbocycles. The SMILES string of the molecule is FC(F)(F)c1cccc(C2=C3C=CC=[N+]3[B@-]3(c4ccccc4)Oc4ccccc4-c4ccc2n43)c1. The topological polar surface area (TPSA) is 17.2 Å². The highest BCUT2D eigenvalue weighted by molar-refractivity contribution is 6.80. The van der Waals surface area contributed by atoms with Gasteiger partial charge in [-0.1, -0.05) is 60.1 Å². The average molecular weight is 466 g/mol. The predicted molar refractivity (Wildman–Crippen MR) is 131 cm³/mol. The van der Waals surface area contributed by atoms with Gasteiger partial charge in [0.1, 0.15) is 6.21 Å². The number of halogens is 3. The van der Waals surface area contributed by atoms with E-state index in [4.69, 9.17) is 4.65 Å². The molecular formula is C28H18BF3N2O. The zero-order chi connectivity index (χ0) is 23.8. The summed E-state index contributed by atoms with van der Waals surface area (Å²) in [6.07, 6.45) is 1.40. The lowest BCUT2D eigenvalue weighted by Crippen LogP contribution is -2.70. The summed E-state index contributed by atoms with van der Waals surface area (Å²) in [5, 5.41) is 0. The molecule has 1 atom stereocenters. The third-order valence-corrected chi connectivity index (χ3v) is 7.10. The van der Waals surface area contributed by atoms with Gasteiger partial charge in [-0.2, -0.15) is 13.2 Å². The molecule has 3 aliphatic rings. The van der Waals surface area contributed by atoms with Gasteiger partial charge >= 0.3 is 12.8 Å². The molecule has 0 fully saturated rings. The highest BCUT2D eigenvalue weighted by atomic mass is 19.4. The van der Waals surface area contributed by atoms with Crippen molar-refractivity contribution in [3.05, 3.63) is 126 Å². The highest BCUT2D eigenvalue weighted by Crippen LogP contribution is 2.47. The van der Waals surface area contributed by atoms with E-state index in [-0.39, 0.29) is 0 Å². The van der Waals surface area contributed by atoms with Crippen molar-refractivity contribution in [3.63, 3.8) is 0 Å². The van der Waals surface area contributed by atoms with Gasteiger partial charge in [0.05, 0.1) is 16.9 Å². The van der Waals surface area contributed by atoms with E-state index in [0.717, 1.165) is 45.5 Å². The molecule has 170 valence electrons. The standard InChI is InChI=1S/C28H18BF3N2O/c30-28(31,32)20-9-6-8-19(18-20)27-24-13-7-17-33(24)29(21-10-2-1-3-11-21)34-23(15-16-25(27)34)22-12-4-5-14-26(22)35-29/h1-18H/t29-/m0/s1. The molecule has 0 amide bonds. The first kappa shape index (κ1) is 20.1. The van der Waals surface area contributed by atoms with Crippen LogP contribution < -0.4 is 10.1 Å². The lowest BCUT2D eigenvalue weighted by molar-refractivity contribution is -0.342. The second-order valence-corrected chi connectivity index (χ2v) is 8.96. The van der Waals surface area contributed by atoms with Crippen LogP contribution in [0.2, 0.25) is 0 Å². The summed E-state index contributed by atoms with van der Waals surface area (Å²) in [5.74, 6) is 0.774. The Balaban J connectivity index is 1.58. The van der Waals surface area contributed by atoms with Crippen molar-refractivity contribution < 1.29 is 22.3 Å². The van der Waals surface area contributed by atoms with Gasteiger partial charge in [-0.3, -0.25) is 0 Å². The zero-order valence-corrected chi connectivity index (χ0v) is 18.4. The summed E-state index contributed by atoms with van der Waals surface area (Å²) in [4.78, 5) is 0. The lowest BCUT2D eigenvalue weighted by Gasteiger charge is -2.47. The highest BCUT2D eigenvalue weighted by Gasteiger charge is 2.56. The fourth-order valence-corrected chi connectivity index (χ4v) is 5.71. The summed E-state index contributed by atoms with van der Waals surface area (Å²) in [6.45, 7) is -1.98. The van der Waals surface area contributed by atoms with Crippen LogP contribution in [0, 0.1) is 0 Å². The van der Waals surface area contributed by atoms with E-state index in [1.54, 1.807) is 6.07 Å². The van der Waals surface area contributed by atoms with Crippen molar-refractivity contribution in [2.75, 3.05) is 0 Å². The van der Waals surface area contributed by atoms with Crippen LogP contribution in [-0.2, 0) is 6.18 Å². The number of hydrogen-bond donors (Lipinski definition) is 0. The molecule has 0 saturated carbocycles. The maximum absolute atomic E-state index is 13.6. The summed E-state index contributed by atoms with van der Waals surface area (Å²) in [5.41, 5.74) is 5.11. The minimum atomic E-state index is -4.42. The second kappa shape index (κ2) is 6.89. The summed E-state index contributed by atoms with van der Waals surface area (Å²) >= 11 is 0. The number of rotatable bonds is 2. The number of allylic oxidation sites excluding steroid dienone is 2. The Morgan fingerprint density at radius 2 is 1.57 bits per heavy atom. The van der Waals surface area contributed by atoms with Crippen molar-refractivity contribution in [1.82, 2.24) is 4.48 Å². The molecule has 0 saturated heterocycles. The fourth-order valence-electron chi connectivity index (χ4n) is 5.71. The lowest BCUT2D eigenvalue weighted by atomic mass is 9.54. The first-order valence-corrected chi connectivity index (χ1v) is 11.4. The molecule has 3 nitrogen and oxygen atoms in total. The zero-order valence-electron chi connectivity index (χ0n) is 18.4. The van der Waals surface area contributed by atoms with Gasteiger partial charge < -0.3 is 13.6 Å². The van der Waals surface area contributed by atoms with E-state index >= 15 is 0 Å². The third-order valence-electron chi connectivity index (χ3n) is 7.10. The normalized spacial score (nSPS) is 19.6. The largest absolute Gasteiger partial charge is 0.635 e. The summed E-state index contributed by atoms with van der Waals surface area (Å²) in [6, 6.07) is 27.5. The van der Waals surface area contributed by atoms with E-state index < -0.39 is 18.4 Å². The maximum Gasteiger partial charge on any atom is 0.597 e. The first-order chi connectivity index (χ1) is 17.0. The van der Waals surface area contributed by atoms with Gasteiger partial charge in [0.15, 0.2) is 5.70 Å². The third kappa shape index (κ3) is 2.66. The minimum Gasteiger partial charge on any atom is -0.635 e. The van der Waals surface area contributed by atoms with Crippen molar-refractivity contribution in [2.24, 2.45) is 0 Å². The Hall–Kier alpha value is -4.26. The van der Waals surface area contributed by atoms with Gasteiger partial charge in [-0.05, 0) is 42.0 Å². The number of hydrogen-bond acceptors (Lipinski definition) is 1. The van der Waals surface area contributed by atoms with Crippen LogP contribution in [0.25, 0.3) is 16.8 Å². The van der Waals surface area contributed by atoms with Crippen molar-refractivity contribution >= 4 is 23.9 Å². The number of benzene rings is 3. The molecule has 0 radical (unpaired) electrons. The van der Waals surface area contributed by atoms with Crippen LogP contribution in [0.1, 0.15) is 16.8 Å². The molecule has 4 heterocycles. The molecule has 0 spiro atoms. The van der Waals surface area contributed by atoms with E-state index in [2.05, 4.69) is 8.96 Å². The number of alkyl halides is 3. The predicted octanol–water partition coefficient (Wildman–Crippen LogP) is 5.69. The van der Waals surface area contributed by atoms with Crippen LogP contribution in [0.5, 0.6) is 5.75 Å². The van der Waals surface area contributed by atoms with Crippen molar-refractivity contribution in [3.8, 4) is 17.0 Å². The van der Waals surface area contributed by atoms with E-state index in [0.29, 0.717) is 5.56 Å². The van der Waals surface area contributed by atoms with Crippen LogP contribution in [0.15, 0.2) is 109 Å². The molecule has 3 aromatic carbocycles. The molecule has 4 aromatic rings. The number of para-hydroxylation sites is 1. The second-order valence-electron chi connectivity index (χ2n) is 8.96. The van der Waals surface area contributed by atoms with Crippen LogP contribution in [0.3, 0.4) is 0 Å². The summed E-state index contributed by atoms with van der Waals surface area (Å²) in [7, 11) is 0. The molecule has 0 bridgehead atoms. The quantitative estimate of drug-likeness (QED) is 0.347. The molecule has 0 N–H and O–H groups in total. The molecule has 1 aromatic heterocycles. The van der Waals surface area contributed by atoms with E-state index in [9.17, 15) is 13.2 Å². The Morgan fingerprint density at radius 1 is 0.800 bits per heavy atom. The van der Waals surface area contributed by atoms with E-state index in [1.807, 2.05) is 85.1 Å². The molecule has 0 unspecified atom stereocenters. The van der Waals surface area contributed by atoms with Crippen LogP contribution in [0.4, 0.5) is 13.2 Å². The number of aromatic nitrogens is 1. The molecule has 7 rings (SSSR count). The van der Waals surface area contributed by atoms with Gasteiger partial charge in [-0.25, -0.2) is 0 Å². The molecular weight excluding hydrogens is 448 g/mol. The van der Waals surface area contributed by atoms with Crippen molar-refractivity contribution in [2.45, 2.75) is 6.18 Å². The van der Waals surface area contributed by atoms with Gasteiger partial charge in [0.25, 0.3) is 0 Å². The molecule has 35 heavy (non-hydrogen) atoms. The number of nitrogens with zero attached hydrogens (tertiary/aromatic N) is 2. The molecule has 7 heteroatoms. The maximum atomic E-state index is 13.6. The van der Waals surface area contributed by atoms with Crippen LogP contribution in [-0.4, -0.2) is 21.8 Å². The van der Waals surface area contributed by atoms with Crippen LogP contribution >= 0.6 is 0 Å². The Morgan fingerprint density at radius 3 is 2.40 bits per heavy atom. The monoisotopic (exact) mass is 466 g/mol. The van der Waals surface area contributed by atoms with Crippen molar-refractivity contribution in [1.29, 1.82) is 0 Å². The molecule has 3 aliphatic heterocycles. The fraction of sp³-hybridized carbons (Fsp3) is 0.0357. The number of fused-ring (bicyclic) bond motifs is 4. The average Bonchev–Trinajstić information content (AvgIpc) is 3.54. The Labute approximate surface area is 199 Å².